The molecule has 0 fully saturated rings. The quantitative estimate of drug-likeness (QED) is 0.677. The molecular formula is C14H10F3N3O3. The summed E-state index contributed by atoms with van der Waals surface area (Å²) in [5.41, 5.74) is -1.71. The highest BCUT2D eigenvalue weighted by Gasteiger charge is 2.42. The zero-order valence-corrected chi connectivity index (χ0v) is 12.0. The number of esters is 1. The number of aryl methyl sites for hydroxylation is 1. The first-order chi connectivity index (χ1) is 10.8. The Labute approximate surface area is 127 Å². The first-order valence-corrected chi connectivity index (χ1v) is 6.41. The van der Waals surface area contributed by atoms with Gasteiger partial charge in [-0.1, -0.05) is 17.3 Å². The smallest absolute Gasteiger partial charge is 0.420 e. The first-order valence-electron chi connectivity index (χ1n) is 6.41. The van der Waals surface area contributed by atoms with Gasteiger partial charge in [0, 0.05) is 12.6 Å². The minimum Gasteiger partial charge on any atom is -0.464 e. The highest BCUT2D eigenvalue weighted by Crippen LogP contribution is 2.41. The molecule has 9 heteroatoms. The second-order valence-electron chi connectivity index (χ2n) is 4.73. The van der Waals surface area contributed by atoms with Crippen LogP contribution in [-0.2, 0) is 18.0 Å². The number of hydrogen-bond acceptors (Lipinski definition) is 5. The SMILES string of the molecule is COC(=O)c1c(C(F)(F)F)c(-c2cccc3oncc23)nn1C. The third-order valence-electron chi connectivity index (χ3n) is 3.36. The van der Waals surface area contributed by atoms with E-state index in [2.05, 4.69) is 15.0 Å². The van der Waals surface area contributed by atoms with E-state index in [4.69, 9.17) is 4.52 Å². The molecule has 2 aromatic heterocycles. The monoisotopic (exact) mass is 325 g/mol. The molecule has 0 saturated carbocycles. The van der Waals surface area contributed by atoms with E-state index in [1.807, 2.05) is 0 Å². The van der Waals surface area contributed by atoms with Crippen molar-refractivity contribution >= 4 is 16.9 Å². The number of nitrogens with zero attached hydrogens (tertiary/aromatic N) is 3. The molecule has 0 bridgehead atoms. The molecule has 0 aliphatic rings. The van der Waals surface area contributed by atoms with Crippen LogP contribution in [0.1, 0.15) is 16.1 Å². The van der Waals surface area contributed by atoms with Crippen LogP contribution in [0.25, 0.3) is 22.2 Å². The zero-order chi connectivity index (χ0) is 16.8. The third kappa shape index (κ3) is 2.33. The van der Waals surface area contributed by atoms with Gasteiger partial charge in [0.25, 0.3) is 0 Å². The van der Waals surface area contributed by atoms with Gasteiger partial charge >= 0.3 is 12.1 Å². The number of ether oxygens (including phenoxy) is 1. The van der Waals surface area contributed by atoms with Crippen LogP contribution in [0.2, 0.25) is 0 Å². The summed E-state index contributed by atoms with van der Waals surface area (Å²) in [6.45, 7) is 0. The highest BCUT2D eigenvalue weighted by atomic mass is 19.4. The van der Waals surface area contributed by atoms with Crippen molar-refractivity contribution in [2.75, 3.05) is 7.11 Å². The molecule has 0 spiro atoms. The van der Waals surface area contributed by atoms with Gasteiger partial charge in [-0.3, -0.25) is 4.68 Å². The summed E-state index contributed by atoms with van der Waals surface area (Å²) in [7, 11) is 2.26. The molecule has 0 amide bonds. The van der Waals surface area contributed by atoms with Gasteiger partial charge in [-0.05, 0) is 6.07 Å². The number of methoxy groups -OCH3 is 1. The number of halogens is 3. The van der Waals surface area contributed by atoms with E-state index in [1.165, 1.54) is 25.4 Å². The van der Waals surface area contributed by atoms with E-state index < -0.39 is 23.4 Å². The van der Waals surface area contributed by atoms with Crippen LogP contribution >= 0.6 is 0 Å². The standard InChI is InChI=1S/C14H10F3N3O3/c1-20-12(13(21)22-2)10(14(15,16)17)11(19-20)7-4-3-5-9-8(7)6-18-23-9/h3-6H,1-2H3. The zero-order valence-electron chi connectivity index (χ0n) is 12.0. The molecule has 0 N–H and O–H groups in total. The summed E-state index contributed by atoms with van der Waals surface area (Å²) in [5, 5.41) is 7.82. The third-order valence-corrected chi connectivity index (χ3v) is 3.36. The molecular weight excluding hydrogens is 315 g/mol. The van der Waals surface area contributed by atoms with E-state index in [9.17, 15) is 18.0 Å². The molecule has 0 atom stereocenters. The number of hydrogen-bond donors (Lipinski definition) is 0. The van der Waals surface area contributed by atoms with Crippen molar-refractivity contribution in [2.45, 2.75) is 6.18 Å². The molecule has 0 aliphatic heterocycles. The first kappa shape index (κ1) is 15.1. The fourth-order valence-corrected chi connectivity index (χ4v) is 2.41. The number of fused-ring (bicyclic) bond motifs is 1. The Hall–Kier alpha value is -2.84. The lowest BCUT2D eigenvalue weighted by atomic mass is 10.0. The van der Waals surface area contributed by atoms with E-state index in [-0.39, 0.29) is 11.3 Å². The van der Waals surface area contributed by atoms with E-state index in [0.29, 0.717) is 11.0 Å². The van der Waals surface area contributed by atoms with Gasteiger partial charge in [-0.15, -0.1) is 0 Å². The van der Waals surface area contributed by atoms with Crippen molar-refractivity contribution in [1.82, 2.24) is 14.9 Å². The Bertz CT molecular complexity index is 896. The summed E-state index contributed by atoms with van der Waals surface area (Å²) in [5.74, 6) is -1.11. The van der Waals surface area contributed by atoms with E-state index in [0.717, 1.165) is 11.8 Å². The molecule has 2 heterocycles. The molecule has 3 rings (SSSR count). The maximum atomic E-state index is 13.5. The molecule has 23 heavy (non-hydrogen) atoms. The van der Waals surface area contributed by atoms with Crippen LogP contribution in [0, 0.1) is 0 Å². The fourth-order valence-electron chi connectivity index (χ4n) is 2.41. The normalized spacial score (nSPS) is 11.9. The Morgan fingerprint density at radius 2 is 2.09 bits per heavy atom. The average molecular weight is 325 g/mol. The second-order valence-corrected chi connectivity index (χ2v) is 4.73. The van der Waals surface area contributed by atoms with Crippen molar-refractivity contribution in [3.05, 3.63) is 35.7 Å². The molecule has 120 valence electrons. The van der Waals surface area contributed by atoms with Gasteiger partial charge in [0.15, 0.2) is 11.3 Å². The highest BCUT2D eigenvalue weighted by molar-refractivity contribution is 5.97. The summed E-state index contributed by atoms with van der Waals surface area (Å²) in [4.78, 5) is 11.7. The molecule has 6 nitrogen and oxygen atoms in total. The number of alkyl halides is 3. The molecule has 0 radical (unpaired) electrons. The number of carbonyl (C=O) groups is 1. The Kier molecular flexibility index (Phi) is 3.35. The van der Waals surface area contributed by atoms with E-state index in [1.54, 1.807) is 6.07 Å². The van der Waals surface area contributed by atoms with Crippen molar-refractivity contribution < 1.29 is 27.2 Å². The van der Waals surface area contributed by atoms with Crippen LogP contribution in [-0.4, -0.2) is 28.0 Å². The van der Waals surface area contributed by atoms with Gasteiger partial charge < -0.3 is 9.26 Å². The topological polar surface area (TPSA) is 70.2 Å². The van der Waals surface area contributed by atoms with Crippen LogP contribution in [0.15, 0.2) is 28.9 Å². The van der Waals surface area contributed by atoms with Gasteiger partial charge in [0.2, 0.25) is 0 Å². The minimum atomic E-state index is -4.79. The van der Waals surface area contributed by atoms with Gasteiger partial charge in [0.05, 0.1) is 18.7 Å². The second kappa shape index (κ2) is 5.11. The minimum absolute atomic E-state index is 0.168. The number of benzene rings is 1. The number of aromatic nitrogens is 3. The van der Waals surface area contributed by atoms with Crippen LogP contribution < -0.4 is 0 Å². The van der Waals surface area contributed by atoms with Crippen LogP contribution in [0.5, 0.6) is 0 Å². The predicted octanol–water partition coefficient (Wildman–Crippen LogP) is 3.03. The maximum absolute atomic E-state index is 13.5. The fraction of sp³-hybridized carbons (Fsp3) is 0.214. The molecule has 0 saturated heterocycles. The summed E-state index contributed by atoms with van der Waals surface area (Å²) >= 11 is 0. The lowest BCUT2D eigenvalue weighted by Gasteiger charge is -2.09. The van der Waals surface area contributed by atoms with E-state index >= 15 is 0 Å². The summed E-state index contributed by atoms with van der Waals surface area (Å²) < 4.78 is 50.8. The van der Waals surface area contributed by atoms with Crippen molar-refractivity contribution in [1.29, 1.82) is 0 Å². The molecule has 1 aromatic carbocycles. The van der Waals surface area contributed by atoms with Gasteiger partial charge in [-0.2, -0.15) is 18.3 Å². The largest absolute Gasteiger partial charge is 0.464 e. The van der Waals surface area contributed by atoms with Gasteiger partial charge in [0.1, 0.15) is 11.3 Å². The average Bonchev–Trinajstić information content (AvgIpc) is 3.09. The number of carbonyl (C=O) groups excluding carboxylic acids is 1. The molecule has 0 unspecified atom stereocenters. The summed E-state index contributed by atoms with van der Waals surface area (Å²) in [6.07, 6.45) is -3.48. The Balaban J connectivity index is 2.36. The lowest BCUT2D eigenvalue weighted by Crippen LogP contribution is -2.16. The van der Waals surface area contributed by atoms with Crippen LogP contribution in [0.4, 0.5) is 13.2 Å². The Morgan fingerprint density at radius 1 is 1.35 bits per heavy atom. The van der Waals surface area contributed by atoms with Crippen molar-refractivity contribution in [2.24, 2.45) is 7.05 Å². The van der Waals surface area contributed by atoms with Crippen molar-refractivity contribution in [3.8, 4) is 11.3 Å². The number of rotatable bonds is 2. The molecule has 3 aromatic rings. The summed E-state index contributed by atoms with van der Waals surface area (Å²) in [6, 6.07) is 4.55. The van der Waals surface area contributed by atoms with Gasteiger partial charge in [-0.25, -0.2) is 4.79 Å². The predicted molar refractivity (Wildman–Crippen MR) is 72.6 cm³/mol. The Morgan fingerprint density at radius 3 is 2.74 bits per heavy atom. The van der Waals surface area contributed by atoms with Crippen LogP contribution in [0.3, 0.4) is 0 Å². The molecule has 0 aliphatic carbocycles. The lowest BCUT2D eigenvalue weighted by molar-refractivity contribution is -0.137. The maximum Gasteiger partial charge on any atom is 0.420 e. The van der Waals surface area contributed by atoms with Crippen molar-refractivity contribution in [3.63, 3.8) is 0 Å².